The van der Waals surface area contributed by atoms with Crippen molar-refractivity contribution in [1.82, 2.24) is 0 Å². The molecule has 8 heteroatoms. The van der Waals surface area contributed by atoms with Crippen molar-refractivity contribution in [3.8, 4) is 34.3 Å². The topological polar surface area (TPSA) is 107 Å². The van der Waals surface area contributed by atoms with Crippen LogP contribution >= 0.6 is 0 Å². The van der Waals surface area contributed by atoms with E-state index in [1.807, 2.05) is 0 Å². The van der Waals surface area contributed by atoms with Crippen LogP contribution in [0, 0.1) is 0 Å². The molecule has 0 amide bonds. The summed E-state index contributed by atoms with van der Waals surface area (Å²) in [6.45, 7) is 1.34. The number of rotatable bonds is 7. The number of methoxy groups -OCH3 is 3. The number of carbonyl (C=O) groups excluding carboxylic acids is 1. The third-order valence-corrected chi connectivity index (χ3v) is 4.29. The van der Waals surface area contributed by atoms with Crippen LogP contribution < -0.4 is 29.5 Å². The molecule has 1 heterocycles. The number of ether oxygens (including phenoxy) is 4. The Morgan fingerprint density at radius 1 is 1.00 bits per heavy atom. The van der Waals surface area contributed by atoms with Gasteiger partial charge in [0.2, 0.25) is 5.75 Å². The van der Waals surface area contributed by atoms with Gasteiger partial charge in [-0.3, -0.25) is 4.79 Å². The quantitative estimate of drug-likeness (QED) is 0.594. The third-order valence-electron chi connectivity index (χ3n) is 4.29. The molecule has 0 N–H and O–H groups in total. The Morgan fingerprint density at radius 2 is 1.66 bits per heavy atom. The molecule has 0 radical (unpaired) electrons. The summed E-state index contributed by atoms with van der Waals surface area (Å²) < 4.78 is 27.1. The van der Waals surface area contributed by atoms with Gasteiger partial charge in [-0.25, -0.2) is 0 Å². The molecule has 1 unspecified atom stereocenters. The van der Waals surface area contributed by atoms with E-state index in [2.05, 4.69) is 0 Å². The van der Waals surface area contributed by atoms with Crippen molar-refractivity contribution in [2.45, 2.75) is 13.0 Å². The first kappa shape index (κ1) is 20.1. The number of fused-ring (bicyclic) bond motifs is 1. The molecule has 29 heavy (non-hydrogen) atoms. The fourth-order valence-electron chi connectivity index (χ4n) is 2.83. The Labute approximate surface area is 166 Å². The predicted octanol–water partition coefficient (Wildman–Crippen LogP) is 2.00. The molecule has 0 bridgehead atoms. The molecule has 3 rings (SSSR count). The van der Waals surface area contributed by atoms with Crippen LogP contribution in [-0.4, -0.2) is 33.4 Å². The number of aliphatic carboxylic acids is 1. The van der Waals surface area contributed by atoms with E-state index in [4.69, 9.17) is 23.4 Å². The highest BCUT2D eigenvalue weighted by atomic mass is 16.5. The predicted molar refractivity (Wildman–Crippen MR) is 103 cm³/mol. The number of carboxylic acid groups (broad SMARTS) is 1. The highest BCUT2D eigenvalue weighted by molar-refractivity contribution is 5.81. The summed E-state index contributed by atoms with van der Waals surface area (Å²) in [7, 11) is 4.48. The SMILES string of the molecule is COc1cc(-c2cc(=O)c3cc(OC(C)C(=O)[O-])ccc3o2)cc(OC)c1OC. The van der Waals surface area contributed by atoms with Gasteiger partial charge in [0.15, 0.2) is 16.9 Å². The summed E-state index contributed by atoms with van der Waals surface area (Å²) in [5.74, 6) is 0.440. The zero-order valence-electron chi connectivity index (χ0n) is 16.3. The average molecular weight is 399 g/mol. The van der Waals surface area contributed by atoms with Crippen molar-refractivity contribution < 1.29 is 33.3 Å². The van der Waals surface area contributed by atoms with E-state index in [0.717, 1.165) is 0 Å². The molecule has 1 atom stereocenters. The van der Waals surface area contributed by atoms with E-state index in [-0.39, 0.29) is 16.6 Å². The second-order valence-electron chi connectivity index (χ2n) is 6.13. The fraction of sp³-hybridized carbons (Fsp3) is 0.238. The molecular formula is C21H19O8-. The summed E-state index contributed by atoms with van der Waals surface area (Å²) in [4.78, 5) is 23.5. The first-order chi connectivity index (χ1) is 13.9. The second kappa shape index (κ2) is 8.14. The molecule has 8 nitrogen and oxygen atoms in total. The Morgan fingerprint density at radius 3 is 2.21 bits per heavy atom. The van der Waals surface area contributed by atoms with Gasteiger partial charge in [-0.05, 0) is 37.3 Å². The molecule has 0 saturated heterocycles. The monoisotopic (exact) mass is 399 g/mol. The van der Waals surface area contributed by atoms with Gasteiger partial charge in [0.05, 0.1) is 32.7 Å². The van der Waals surface area contributed by atoms with Gasteiger partial charge in [0.1, 0.15) is 23.2 Å². The molecule has 0 fully saturated rings. The minimum atomic E-state index is -1.35. The maximum absolute atomic E-state index is 12.6. The van der Waals surface area contributed by atoms with E-state index < -0.39 is 12.1 Å². The van der Waals surface area contributed by atoms with Gasteiger partial charge >= 0.3 is 0 Å². The van der Waals surface area contributed by atoms with Crippen LogP contribution in [-0.2, 0) is 4.79 Å². The summed E-state index contributed by atoms with van der Waals surface area (Å²) >= 11 is 0. The zero-order valence-corrected chi connectivity index (χ0v) is 16.3. The third kappa shape index (κ3) is 3.96. The molecule has 1 aromatic heterocycles. The van der Waals surface area contributed by atoms with E-state index in [1.165, 1.54) is 52.5 Å². The standard InChI is InChI=1S/C21H20O8/c1-11(21(23)24)28-13-5-6-16-14(9-13)15(22)10-17(29-16)12-7-18(25-2)20(27-4)19(8-12)26-3/h5-11H,1-4H3,(H,23,24)/p-1. The van der Waals surface area contributed by atoms with Crippen LogP contribution in [0.1, 0.15) is 6.92 Å². The minimum Gasteiger partial charge on any atom is -0.546 e. The highest BCUT2D eigenvalue weighted by Crippen LogP contribution is 2.41. The molecule has 0 aliphatic carbocycles. The van der Waals surface area contributed by atoms with Gasteiger partial charge in [-0.2, -0.15) is 0 Å². The number of carbonyl (C=O) groups is 1. The largest absolute Gasteiger partial charge is 0.546 e. The lowest BCUT2D eigenvalue weighted by atomic mass is 10.1. The van der Waals surface area contributed by atoms with Crippen molar-refractivity contribution >= 4 is 16.9 Å². The van der Waals surface area contributed by atoms with E-state index in [1.54, 1.807) is 12.1 Å². The number of benzene rings is 2. The Hall–Kier alpha value is -3.68. The maximum atomic E-state index is 12.6. The van der Waals surface area contributed by atoms with Crippen molar-refractivity contribution in [1.29, 1.82) is 0 Å². The second-order valence-corrected chi connectivity index (χ2v) is 6.13. The van der Waals surface area contributed by atoms with Crippen LogP contribution in [0.2, 0.25) is 0 Å². The summed E-state index contributed by atoms with van der Waals surface area (Å²) in [6.07, 6.45) is -1.15. The number of hydrogen-bond donors (Lipinski definition) is 0. The molecule has 0 saturated carbocycles. The maximum Gasteiger partial charge on any atom is 0.203 e. The highest BCUT2D eigenvalue weighted by Gasteiger charge is 2.17. The van der Waals surface area contributed by atoms with Crippen molar-refractivity contribution in [2.24, 2.45) is 0 Å². The van der Waals surface area contributed by atoms with Crippen LogP contribution in [0.4, 0.5) is 0 Å². The molecule has 152 valence electrons. The van der Waals surface area contributed by atoms with E-state index >= 15 is 0 Å². The summed E-state index contributed by atoms with van der Waals surface area (Å²) in [6, 6.07) is 9.16. The van der Waals surface area contributed by atoms with Crippen LogP contribution in [0.3, 0.4) is 0 Å². The molecule has 0 aliphatic rings. The number of carboxylic acids is 1. The first-order valence-corrected chi connectivity index (χ1v) is 8.63. The van der Waals surface area contributed by atoms with Gasteiger partial charge in [-0.15, -0.1) is 0 Å². The van der Waals surface area contributed by atoms with Gasteiger partial charge in [0.25, 0.3) is 0 Å². The Balaban J connectivity index is 2.08. The summed E-state index contributed by atoms with van der Waals surface area (Å²) in [5, 5.41) is 11.1. The van der Waals surface area contributed by atoms with Crippen LogP contribution in [0.5, 0.6) is 23.0 Å². The molecule has 0 aliphatic heterocycles. The van der Waals surface area contributed by atoms with Crippen molar-refractivity contribution in [2.75, 3.05) is 21.3 Å². The number of hydrogen-bond acceptors (Lipinski definition) is 8. The lowest BCUT2D eigenvalue weighted by Gasteiger charge is -2.16. The normalized spacial score (nSPS) is 11.7. The zero-order chi connectivity index (χ0) is 21.1. The van der Waals surface area contributed by atoms with Gasteiger partial charge < -0.3 is 33.3 Å². The first-order valence-electron chi connectivity index (χ1n) is 8.63. The average Bonchev–Trinajstić information content (AvgIpc) is 2.72. The van der Waals surface area contributed by atoms with Gasteiger partial charge in [-0.1, -0.05) is 0 Å². The van der Waals surface area contributed by atoms with Crippen LogP contribution in [0.25, 0.3) is 22.3 Å². The molecular weight excluding hydrogens is 380 g/mol. The van der Waals surface area contributed by atoms with E-state index in [9.17, 15) is 14.7 Å². The summed E-state index contributed by atoms with van der Waals surface area (Å²) in [5.41, 5.74) is 0.556. The molecule has 3 aromatic rings. The lowest BCUT2D eigenvalue weighted by Crippen LogP contribution is -2.37. The minimum absolute atomic E-state index is 0.224. The van der Waals surface area contributed by atoms with Crippen LogP contribution in [0.15, 0.2) is 45.6 Å². The Kier molecular flexibility index (Phi) is 5.63. The smallest absolute Gasteiger partial charge is 0.203 e. The fourth-order valence-corrected chi connectivity index (χ4v) is 2.83. The van der Waals surface area contributed by atoms with Crippen molar-refractivity contribution in [3.63, 3.8) is 0 Å². The lowest BCUT2D eigenvalue weighted by molar-refractivity contribution is -0.312. The van der Waals surface area contributed by atoms with Gasteiger partial charge in [0, 0.05) is 11.6 Å². The molecule has 0 spiro atoms. The molecule has 2 aromatic carbocycles. The van der Waals surface area contributed by atoms with Crippen molar-refractivity contribution in [3.05, 3.63) is 46.6 Å². The van der Waals surface area contributed by atoms with E-state index in [0.29, 0.717) is 34.2 Å². The Bertz CT molecular complexity index is 1090.